The van der Waals surface area contributed by atoms with Crippen molar-refractivity contribution in [1.29, 1.82) is 0 Å². The Labute approximate surface area is 90.0 Å². The first kappa shape index (κ1) is 12.0. The van der Waals surface area contributed by atoms with Crippen molar-refractivity contribution < 1.29 is 0 Å². The predicted molar refractivity (Wildman–Crippen MR) is 67.6 cm³/mol. The number of nitrogens with one attached hydrogen (secondary N) is 1. The van der Waals surface area contributed by atoms with Crippen LogP contribution in [0.1, 0.15) is 27.2 Å². The topological polar surface area (TPSA) is 12.0 Å². The van der Waals surface area contributed by atoms with Gasteiger partial charge in [-0.1, -0.05) is 38.2 Å². The predicted octanol–water partition coefficient (Wildman–Crippen LogP) is 3.41. The highest BCUT2D eigenvalue weighted by atomic mass is 28.3. The van der Waals surface area contributed by atoms with Crippen LogP contribution in [0.15, 0.2) is 11.6 Å². The maximum absolute atomic E-state index is 3.69. The van der Waals surface area contributed by atoms with E-state index in [0.717, 1.165) is 5.54 Å². The minimum absolute atomic E-state index is 0.250. The average Bonchev–Trinajstić information content (AvgIpc) is 2.01. The van der Waals surface area contributed by atoms with Crippen LogP contribution in [0, 0.1) is 0 Å². The lowest BCUT2D eigenvalue weighted by atomic mass is 9.91. The molecule has 2 atom stereocenters. The summed E-state index contributed by atoms with van der Waals surface area (Å²) in [5, 5.41) is 3.69. The van der Waals surface area contributed by atoms with E-state index in [4.69, 9.17) is 0 Å². The van der Waals surface area contributed by atoms with Crippen LogP contribution in [0.25, 0.3) is 0 Å². The summed E-state index contributed by atoms with van der Waals surface area (Å²) in [6.07, 6.45) is 3.64. The monoisotopic (exact) mass is 211 g/mol. The second-order valence-electron chi connectivity index (χ2n) is 5.96. The molecule has 0 aromatic heterocycles. The minimum Gasteiger partial charge on any atom is -0.308 e. The molecular weight excluding hydrogens is 186 g/mol. The number of hydrogen-bond acceptors (Lipinski definition) is 1. The fourth-order valence-electron chi connectivity index (χ4n) is 2.37. The molecule has 0 bridgehead atoms. The molecule has 0 aliphatic carbocycles. The average molecular weight is 211 g/mol. The maximum Gasteiger partial charge on any atom is 0.0533 e. The molecule has 1 nitrogen and oxygen atoms in total. The molecule has 1 rings (SSSR count). The summed E-state index contributed by atoms with van der Waals surface area (Å²) >= 11 is 0. The van der Waals surface area contributed by atoms with Gasteiger partial charge in [-0.25, -0.2) is 0 Å². The first-order valence-corrected chi connectivity index (χ1v) is 9.30. The second kappa shape index (κ2) is 3.82. The molecule has 14 heavy (non-hydrogen) atoms. The Morgan fingerprint density at radius 3 is 2.43 bits per heavy atom. The first-order chi connectivity index (χ1) is 6.28. The van der Waals surface area contributed by atoms with E-state index in [2.05, 4.69) is 51.8 Å². The van der Waals surface area contributed by atoms with Gasteiger partial charge >= 0.3 is 0 Å². The van der Waals surface area contributed by atoms with Crippen molar-refractivity contribution in [2.24, 2.45) is 0 Å². The molecular formula is C12H25NSi. The molecule has 2 heteroatoms. The van der Waals surface area contributed by atoms with Crippen molar-refractivity contribution in [3.8, 4) is 0 Å². The van der Waals surface area contributed by atoms with Crippen LogP contribution in [0.3, 0.4) is 0 Å². The molecule has 82 valence electrons. The van der Waals surface area contributed by atoms with Gasteiger partial charge in [-0.05, 0) is 25.8 Å². The summed E-state index contributed by atoms with van der Waals surface area (Å²) in [6.45, 7) is 15.4. The smallest absolute Gasteiger partial charge is 0.0533 e. The summed E-state index contributed by atoms with van der Waals surface area (Å²) in [4.78, 5) is 0. The van der Waals surface area contributed by atoms with Crippen molar-refractivity contribution in [1.82, 2.24) is 5.32 Å². The lowest BCUT2D eigenvalue weighted by Crippen LogP contribution is -2.49. The second-order valence-corrected chi connectivity index (χ2v) is 11.4. The third-order valence-corrected chi connectivity index (χ3v) is 6.34. The molecule has 1 aliphatic rings. The molecule has 0 amide bonds. The highest BCUT2D eigenvalue weighted by molar-refractivity contribution is 6.78. The lowest BCUT2D eigenvalue weighted by Gasteiger charge is -2.40. The maximum atomic E-state index is 3.69. The first-order valence-electron chi connectivity index (χ1n) is 5.73. The Morgan fingerprint density at radius 2 is 2.07 bits per heavy atom. The van der Waals surface area contributed by atoms with Crippen molar-refractivity contribution in [2.75, 3.05) is 6.54 Å². The van der Waals surface area contributed by atoms with Gasteiger partial charge in [0.1, 0.15) is 0 Å². The molecule has 0 fully saturated rings. The molecule has 0 saturated heterocycles. The van der Waals surface area contributed by atoms with Crippen LogP contribution in [0.2, 0.25) is 25.2 Å². The highest BCUT2D eigenvalue weighted by Gasteiger charge is 2.34. The van der Waals surface area contributed by atoms with Gasteiger partial charge in [0.15, 0.2) is 0 Å². The van der Waals surface area contributed by atoms with E-state index >= 15 is 0 Å². The van der Waals surface area contributed by atoms with E-state index in [1.165, 1.54) is 13.0 Å². The normalized spacial score (nSPS) is 34.1. The number of hydrogen-bond donors (Lipinski definition) is 1. The SMILES string of the molecule is CCC1(C)C=C(C)C([Si](C)(C)C)CN1. The van der Waals surface area contributed by atoms with Gasteiger partial charge in [0.2, 0.25) is 0 Å². The molecule has 2 unspecified atom stereocenters. The van der Waals surface area contributed by atoms with E-state index in [-0.39, 0.29) is 5.54 Å². The van der Waals surface area contributed by atoms with E-state index in [9.17, 15) is 0 Å². The van der Waals surface area contributed by atoms with Crippen molar-refractivity contribution in [2.45, 2.75) is 57.9 Å². The number of rotatable bonds is 2. The van der Waals surface area contributed by atoms with Gasteiger partial charge in [0.05, 0.1) is 8.07 Å². The Morgan fingerprint density at radius 1 is 1.50 bits per heavy atom. The van der Waals surface area contributed by atoms with Crippen LogP contribution >= 0.6 is 0 Å². The van der Waals surface area contributed by atoms with Gasteiger partial charge in [0.25, 0.3) is 0 Å². The van der Waals surface area contributed by atoms with Crippen molar-refractivity contribution in [3.63, 3.8) is 0 Å². The third-order valence-electron chi connectivity index (χ3n) is 3.59. The standard InChI is InChI=1S/C12H25NSi/c1-7-12(3)8-10(2)11(9-13-12)14(4,5)6/h8,11,13H,7,9H2,1-6H3. The Kier molecular flexibility index (Phi) is 3.27. The summed E-state index contributed by atoms with van der Waals surface area (Å²) in [7, 11) is -1.03. The molecule has 0 aromatic carbocycles. The quantitative estimate of drug-likeness (QED) is 0.545. The van der Waals surface area contributed by atoms with Gasteiger partial charge < -0.3 is 5.32 Å². The molecule has 0 spiro atoms. The van der Waals surface area contributed by atoms with Crippen molar-refractivity contribution in [3.05, 3.63) is 11.6 Å². The van der Waals surface area contributed by atoms with Crippen LogP contribution in [-0.2, 0) is 0 Å². The van der Waals surface area contributed by atoms with E-state index in [0.29, 0.717) is 0 Å². The zero-order valence-corrected chi connectivity index (χ0v) is 11.6. The summed E-state index contributed by atoms with van der Waals surface area (Å²) in [5.74, 6) is 0. The van der Waals surface area contributed by atoms with E-state index in [1.807, 2.05) is 0 Å². The lowest BCUT2D eigenvalue weighted by molar-refractivity contribution is 0.403. The van der Waals surface area contributed by atoms with Gasteiger partial charge in [-0.2, -0.15) is 0 Å². The van der Waals surface area contributed by atoms with Gasteiger partial charge in [-0.15, -0.1) is 0 Å². The van der Waals surface area contributed by atoms with Gasteiger partial charge in [-0.3, -0.25) is 0 Å². The summed E-state index contributed by atoms with van der Waals surface area (Å²) < 4.78 is 0. The molecule has 1 aliphatic heterocycles. The van der Waals surface area contributed by atoms with Crippen LogP contribution in [0.4, 0.5) is 0 Å². The fourth-order valence-corrected chi connectivity index (χ4v) is 4.53. The summed E-state index contributed by atoms with van der Waals surface area (Å²) in [6, 6.07) is 0. The van der Waals surface area contributed by atoms with Crippen LogP contribution < -0.4 is 5.32 Å². The van der Waals surface area contributed by atoms with Crippen LogP contribution in [0.5, 0.6) is 0 Å². The molecule has 1 heterocycles. The molecule has 0 radical (unpaired) electrons. The summed E-state index contributed by atoms with van der Waals surface area (Å²) in [5.41, 5.74) is 2.69. The Balaban J connectivity index is 2.87. The fraction of sp³-hybridized carbons (Fsp3) is 0.833. The molecule has 0 aromatic rings. The minimum atomic E-state index is -1.03. The van der Waals surface area contributed by atoms with E-state index < -0.39 is 8.07 Å². The zero-order valence-electron chi connectivity index (χ0n) is 10.6. The largest absolute Gasteiger partial charge is 0.308 e. The highest BCUT2D eigenvalue weighted by Crippen LogP contribution is 2.34. The third kappa shape index (κ3) is 2.48. The Hall–Kier alpha value is -0.0831. The van der Waals surface area contributed by atoms with E-state index in [1.54, 1.807) is 5.57 Å². The Bertz CT molecular complexity index is 239. The van der Waals surface area contributed by atoms with Gasteiger partial charge in [0, 0.05) is 12.1 Å². The molecule has 0 saturated carbocycles. The zero-order chi connectivity index (χ0) is 11.0. The van der Waals surface area contributed by atoms with Crippen LogP contribution in [-0.4, -0.2) is 20.2 Å². The molecule has 1 N–H and O–H groups in total. The van der Waals surface area contributed by atoms with Crippen molar-refractivity contribution >= 4 is 8.07 Å².